The zero-order chi connectivity index (χ0) is 10.3. The van der Waals surface area contributed by atoms with Crippen molar-refractivity contribution < 1.29 is 0 Å². The molecule has 3 nitrogen and oxygen atoms in total. The Balaban J connectivity index is 1.97. The first-order chi connectivity index (χ1) is 7.38. The van der Waals surface area contributed by atoms with E-state index < -0.39 is 0 Å². The van der Waals surface area contributed by atoms with Gasteiger partial charge in [0.15, 0.2) is 0 Å². The average Bonchev–Trinajstić information content (AvgIpc) is 2.66. The average molecular weight is 205 g/mol. The molecule has 2 aliphatic rings. The van der Waals surface area contributed by atoms with Gasteiger partial charge in [-0.2, -0.15) is 0 Å². The fourth-order valence-corrected chi connectivity index (χ4v) is 2.88. The molecule has 1 N–H and O–H groups in total. The first kappa shape index (κ1) is 9.40. The van der Waals surface area contributed by atoms with Crippen molar-refractivity contribution in [2.75, 3.05) is 6.54 Å². The summed E-state index contributed by atoms with van der Waals surface area (Å²) in [7, 11) is 0. The van der Waals surface area contributed by atoms with Crippen LogP contribution < -0.4 is 5.32 Å². The van der Waals surface area contributed by atoms with Gasteiger partial charge in [0.05, 0.1) is 12.2 Å². The van der Waals surface area contributed by atoms with Crippen molar-refractivity contribution in [3.63, 3.8) is 0 Å². The van der Waals surface area contributed by atoms with Gasteiger partial charge in [0, 0.05) is 18.8 Å². The number of rotatable bonds is 1. The van der Waals surface area contributed by atoms with E-state index in [0.29, 0.717) is 0 Å². The van der Waals surface area contributed by atoms with Crippen LogP contribution in [0, 0.1) is 5.92 Å². The van der Waals surface area contributed by atoms with Crippen LogP contribution in [0.5, 0.6) is 0 Å². The van der Waals surface area contributed by atoms with Crippen molar-refractivity contribution >= 4 is 0 Å². The molecule has 2 heterocycles. The van der Waals surface area contributed by atoms with Crippen LogP contribution in [0.3, 0.4) is 0 Å². The van der Waals surface area contributed by atoms with Crippen LogP contribution in [0.1, 0.15) is 37.0 Å². The fraction of sp³-hybridized carbons (Fsp3) is 0.750. The van der Waals surface area contributed by atoms with E-state index in [0.717, 1.165) is 25.6 Å². The van der Waals surface area contributed by atoms with Gasteiger partial charge in [-0.25, -0.2) is 4.98 Å². The summed E-state index contributed by atoms with van der Waals surface area (Å²) in [6.45, 7) is 5.50. The highest BCUT2D eigenvalue weighted by Gasteiger charge is 2.25. The molecule has 0 saturated heterocycles. The molecule has 0 bridgehead atoms. The quantitative estimate of drug-likeness (QED) is 0.753. The van der Waals surface area contributed by atoms with Crippen molar-refractivity contribution in [3.05, 3.63) is 17.2 Å². The second kappa shape index (κ2) is 3.63. The molecule has 0 fully saturated rings. The van der Waals surface area contributed by atoms with Gasteiger partial charge in [0.25, 0.3) is 0 Å². The highest BCUT2D eigenvalue weighted by molar-refractivity contribution is 5.22. The summed E-state index contributed by atoms with van der Waals surface area (Å²) in [4.78, 5) is 4.76. The molecule has 3 rings (SSSR count). The lowest BCUT2D eigenvalue weighted by molar-refractivity contribution is 0.416. The molecule has 0 radical (unpaired) electrons. The summed E-state index contributed by atoms with van der Waals surface area (Å²) in [6.07, 6.45) is 5.12. The smallest absolute Gasteiger partial charge is 0.123 e. The molecule has 3 heteroatoms. The molecule has 1 aliphatic heterocycles. The molecule has 1 aliphatic carbocycles. The third-order valence-electron chi connectivity index (χ3n) is 3.88. The van der Waals surface area contributed by atoms with Crippen LogP contribution in [0.2, 0.25) is 0 Å². The Morgan fingerprint density at radius 1 is 1.53 bits per heavy atom. The van der Waals surface area contributed by atoms with Gasteiger partial charge < -0.3 is 9.88 Å². The summed E-state index contributed by atoms with van der Waals surface area (Å²) in [6, 6.07) is 0. The highest BCUT2D eigenvalue weighted by Crippen LogP contribution is 2.28. The van der Waals surface area contributed by atoms with Crippen molar-refractivity contribution in [1.82, 2.24) is 14.9 Å². The lowest BCUT2D eigenvalue weighted by Gasteiger charge is -2.23. The highest BCUT2D eigenvalue weighted by atomic mass is 15.2. The molecular formula is C12H19N3. The van der Waals surface area contributed by atoms with E-state index >= 15 is 0 Å². The SMILES string of the molecule is CCC1CCc2nc3n(c2C1)CCNC3. The normalized spacial score (nSPS) is 24.7. The maximum Gasteiger partial charge on any atom is 0.123 e. The minimum atomic E-state index is 0.896. The van der Waals surface area contributed by atoms with Gasteiger partial charge in [0.1, 0.15) is 5.82 Å². The van der Waals surface area contributed by atoms with Crippen LogP contribution in [0.25, 0.3) is 0 Å². The number of hydrogen-bond acceptors (Lipinski definition) is 2. The number of aryl methyl sites for hydroxylation is 1. The monoisotopic (exact) mass is 205 g/mol. The predicted octanol–water partition coefficient (Wildman–Crippen LogP) is 1.50. The maximum atomic E-state index is 4.76. The van der Waals surface area contributed by atoms with Gasteiger partial charge in [-0.15, -0.1) is 0 Å². The van der Waals surface area contributed by atoms with Gasteiger partial charge in [0.2, 0.25) is 0 Å². The predicted molar refractivity (Wildman–Crippen MR) is 59.7 cm³/mol. The summed E-state index contributed by atoms with van der Waals surface area (Å²) in [5.74, 6) is 2.16. The number of fused-ring (bicyclic) bond motifs is 3. The van der Waals surface area contributed by atoms with E-state index in [-0.39, 0.29) is 0 Å². The standard InChI is InChI=1S/C12H19N3/c1-2-9-3-4-10-11(7-9)15-6-5-13-8-12(15)14-10/h9,13H,2-8H2,1H3. The Morgan fingerprint density at radius 3 is 3.33 bits per heavy atom. The molecule has 0 spiro atoms. The molecule has 1 atom stereocenters. The zero-order valence-corrected chi connectivity index (χ0v) is 9.42. The van der Waals surface area contributed by atoms with Gasteiger partial charge in [-0.1, -0.05) is 13.3 Å². The van der Waals surface area contributed by atoms with Crippen molar-refractivity contribution in [2.24, 2.45) is 5.92 Å². The van der Waals surface area contributed by atoms with Gasteiger partial charge in [-0.3, -0.25) is 0 Å². The summed E-state index contributed by atoms with van der Waals surface area (Å²) < 4.78 is 2.47. The van der Waals surface area contributed by atoms with Gasteiger partial charge >= 0.3 is 0 Å². The lowest BCUT2D eigenvalue weighted by Crippen LogP contribution is -2.29. The molecular weight excluding hydrogens is 186 g/mol. The number of nitrogens with one attached hydrogen (secondary N) is 1. The van der Waals surface area contributed by atoms with E-state index in [4.69, 9.17) is 4.98 Å². The minimum Gasteiger partial charge on any atom is -0.329 e. The maximum absolute atomic E-state index is 4.76. The first-order valence-corrected chi connectivity index (χ1v) is 6.16. The summed E-state index contributed by atoms with van der Waals surface area (Å²) in [5, 5.41) is 3.39. The molecule has 1 aromatic rings. The number of nitrogens with zero attached hydrogens (tertiary/aromatic N) is 2. The lowest BCUT2D eigenvalue weighted by atomic mass is 9.88. The molecule has 1 aromatic heterocycles. The molecule has 0 aromatic carbocycles. The Bertz CT molecular complexity index is 367. The van der Waals surface area contributed by atoms with Crippen molar-refractivity contribution in [3.8, 4) is 0 Å². The molecule has 15 heavy (non-hydrogen) atoms. The first-order valence-electron chi connectivity index (χ1n) is 6.16. The van der Waals surface area contributed by atoms with Crippen LogP contribution >= 0.6 is 0 Å². The Kier molecular flexibility index (Phi) is 2.28. The Labute approximate surface area is 90.9 Å². The van der Waals surface area contributed by atoms with Crippen molar-refractivity contribution in [2.45, 2.75) is 45.7 Å². The van der Waals surface area contributed by atoms with E-state index in [2.05, 4.69) is 16.8 Å². The number of aromatic nitrogens is 2. The molecule has 0 amide bonds. The van der Waals surface area contributed by atoms with Crippen LogP contribution in [0.15, 0.2) is 0 Å². The third-order valence-corrected chi connectivity index (χ3v) is 3.88. The second-order valence-corrected chi connectivity index (χ2v) is 4.77. The van der Waals surface area contributed by atoms with Crippen LogP contribution in [-0.2, 0) is 25.9 Å². The fourth-order valence-electron chi connectivity index (χ4n) is 2.88. The van der Waals surface area contributed by atoms with Crippen LogP contribution in [-0.4, -0.2) is 16.1 Å². The minimum absolute atomic E-state index is 0.896. The third kappa shape index (κ3) is 1.49. The van der Waals surface area contributed by atoms with E-state index in [1.807, 2.05) is 0 Å². The largest absolute Gasteiger partial charge is 0.329 e. The van der Waals surface area contributed by atoms with E-state index in [9.17, 15) is 0 Å². The summed E-state index contributed by atoms with van der Waals surface area (Å²) in [5.41, 5.74) is 2.93. The van der Waals surface area contributed by atoms with E-state index in [1.54, 1.807) is 5.69 Å². The molecule has 0 saturated carbocycles. The van der Waals surface area contributed by atoms with Crippen LogP contribution in [0.4, 0.5) is 0 Å². The number of hydrogen-bond donors (Lipinski definition) is 1. The van der Waals surface area contributed by atoms with Gasteiger partial charge in [-0.05, 0) is 25.2 Å². The molecule has 1 unspecified atom stereocenters. The van der Waals surface area contributed by atoms with Crippen molar-refractivity contribution in [1.29, 1.82) is 0 Å². The second-order valence-electron chi connectivity index (χ2n) is 4.77. The number of imidazole rings is 1. The van der Waals surface area contributed by atoms with E-state index in [1.165, 1.54) is 37.2 Å². The zero-order valence-electron chi connectivity index (χ0n) is 9.42. The Hall–Kier alpha value is -0.830. The molecule has 82 valence electrons. The Morgan fingerprint density at radius 2 is 2.47 bits per heavy atom. The topological polar surface area (TPSA) is 29.9 Å². The summed E-state index contributed by atoms with van der Waals surface area (Å²) >= 11 is 0.